The van der Waals surface area contributed by atoms with Gasteiger partial charge in [-0.15, -0.1) is 0 Å². The summed E-state index contributed by atoms with van der Waals surface area (Å²) in [7, 11) is 0. The second-order valence-corrected chi connectivity index (χ2v) is 8.00. The molecule has 1 aromatic carbocycles. The number of anilines is 1. The van der Waals surface area contributed by atoms with Crippen molar-refractivity contribution >= 4 is 28.8 Å². The van der Waals surface area contributed by atoms with Crippen LogP contribution in [0.3, 0.4) is 0 Å². The molecule has 2 heterocycles. The third kappa shape index (κ3) is 3.85. The molecule has 0 unspecified atom stereocenters. The minimum atomic E-state index is -4.59. The fourth-order valence-corrected chi connectivity index (χ4v) is 3.14. The predicted molar refractivity (Wildman–Crippen MR) is 103 cm³/mol. The van der Waals surface area contributed by atoms with Gasteiger partial charge in [0, 0.05) is 11.9 Å². The van der Waals surface area contributed by atoms with E-state index in [2.05, 4.69) is 31.1 Å². The van der Waals surface area contributed by atoms with Crippen molar-refractivity contribution in [1.82, 2.24) is 9.38 Å². The Morgan fingerprint density at radius 2 is 1.71 bits per heavy atom. The van der Waals surface area contributed by atoms with Gasteiger partial charge in [0.15, 0.2) is 5.65 Å². The highest BCUT2D eigenvalue weighted by Gasteiger charge is 2.33. The Kier molecular flexibility index (Phi) is 4.91. The van der Waals surface area contributed by atoms with Crippen LogP contribution in [-0.4, -0.2) is 15.3 Å². The molecule has 0 saturated heterocycles. The fraction of sp³-hybridized carbons (Fsp3) is 0.300. The zero-order chi connectivity index (χ0) is 20.9. The van der Waals surface area contributed by atoms with E-state index in [1.807, 2.05) is 12.1 Å². The fourth-order valence-electron chi connectivity index (χ4n) is 2.89. The van der Waals surface area contributed by atoms with Gasteiger partial charge >= 0.3 is 6.18 Å². The number of aryl methyl sites for hydroxylation is 1. The van der Waals surface area contributed by atoms with Crippen LogP contribution in [-0.2, 0) is 11.6 Å². The lowest BCUT2D eigenvalue weighted by atomic mass is 9.87. The quantitative estimate of drug-likeness (QED) is 0.575. The van der Waals surface area contributed by atoms with Crippen LogP contribution >= 0.6 is 11.6 Å². The monoisotopic (exact) mass is 409 g/mol. The molecule has 0 bridgehead atoms. The second-order valence-electron chi connectivity index (χ2n) is 7.60. The van der Waals surface area contributed by atoms with Crippen LogP contribution in [0.1, 0.15) is 48.1 Å². The number of pyridine rings is 1. The normalized spacial score (nSPS) is 12.4. The minimum absolute atomic E-state index is 0.00268. The highest BCUT2D eigenvalue weighted by Crippen LogP contribution is 2.33. The molecule has 0 radical (unpaired) electrons. The lowest BCUT2D eigenvalue weighted by Gasteiger charge is -2.19. The maximum absolute atomic E-state index is 13.1. The van der Waals surface area contributed by atoms with Gasteiger partial charge in [0.2, 0.25) is 0 Å². The Hall–Kier alpha value is -2.54. The average Bonchev–Trinajstić information content (AvgIpc) is 2.90. The van der Waals surface area contributed by atoms with E-state index >= 15 is 0 Å². The summed E-state index contributed by atoms with van der Waals surface area (Å²) in [6.45, 7) is 7.77. The number of hydrogen-bond donors (Lipinski definition) is 1. The van der Waals surface area contributed by atoms with Gasteiger partial charge < -0.3 is 5.32 Å². The first kappa shape index (κ1) is 20.2. The molecule has 0 spiro atoms. The number of aromatic nitrogens is 2. The smallest absolute Gasteiger partial charge is 0.321 e. The third-order valence-corrected chi connectivity index (χ3v) is 4.68. The van der Waals surface area contributed by atoms with Crippen LogP contribution in [0.5, 0.6) is 0 Å². The van der Waals surface area contributed by atoms with E-state index in [1.54, 1.807) is 19.1 Å². The summed E-state index contributed by atoms with van der Waals surface area (Å²) in [5.74, 6) is -0.566. The van der Waals surface area contributed by atoms with E-state index in [-0.39, 0.29) is 27.5 Å². The lowest BCUT2D eigenvalue weighted by molar-refractivity contribution is -0.137. The van der Waals surface area contributed by atoms with E-state index in [0.29, 0.717) is 5.69 Å². The number of imidazole rings is 1. The third-order valence-electron chi connectivity index (χ3n) is 4.40. The van der Waals surface area contributed by atoms with Crippen LogP contribution in [0.2, 0.25) is 5.02 Å². The first-order valence-electron chi connectivity index (χ1n) is 8.55. The molecule has 1 N–H and O–H groups in total. The standard InChI is InChI=1S/C20H19ClF3N3O/c1-11-16(18(28)26-14-7-5-12(6-8-14)19(2,3)4)27-10-13(20(22,23)24)9-15(21)17(27)25-11/h5-10H,1-4H3,(H,26,28). The average molecular weight is 410 g/mol. The first-order valence-corrected chi connectivity index (χ1v) is 8.93. The lowest BCUT2D eigenvalue weighted by Crippen LogP contribution is -2.17. The minimum Gasteiger partial charge on any atom is -0.321 e. The number of nitrogens with one attached hydrogen (secondary N) is 1. The molecule has 0 aliphatic carbocycles. The van der Waals surface area contributed by atoms with Crippen molar-refractivity contribution in [1.29, 1.82) is 0 Å². The number of carbonyl (C=O) groups excluding carboxylic acids is 1. The number of hydrogen-bond acceptors (Lipinski definition) is 2. The number of fused-ring (bicyclic) bond motifs is 1. The molecule has 0 aliphatic rings. The van der Waals surface area contributed by atoms with Crippen molar-refractivity contribution in [2.24, 2.45) is 0 Å². The Balaban J connectivity index is 1.99. The largest absolute Gasteiger partial charge is 0.417 e. The van der Waals surface area contributed by atoms with E-state index in [0.717, 1.165) is 22.2 Å². The number of amides is 1. The number of rotatable bonds is 2. The van der Waals surface area contributed by atoms with Gasteiger partial charge in [-0.25, -0.2) is 4.98 Å². The van der Waals surface area contributed by atoms with Gasteiger partial charge in [-0.2, -0.15) is 13.2 Å². The summed E-state index contributed by atoms with van der Waals surface area (Å²) in [6, 6.07) is 8.11. The number of halogens is 4. The zero-order valence-corrected chi connectivity index (χ0v) is 16.5. The molecule has 1 amide bonds. The number of nitrogens with zero attached hydrogens (tertiary/aromatic N) is 2. The molecular formula is C20H19ClF3N3O. The maximum atomic E-state index is 13.1. The van der Waals surface area contributed by atoms with Gasteiger partial charge in [0.1, 0.15) is 5.69 Å². The number of alkyl halides is 3. The Labute approximate surface area is 165 Å². The molecule has 4 nitrogen and oxygen atoms in total. The van der Waals surface area contributed by atoms with Crippen molar-refractivity contribution in [3.05, 3.63) is 64.1 Å². The van der Waals surface area contributed by atoms with Gasteiger partial charge in [-0.05, 0) is 36.1 Å². The highest BCUT2D eigenvalue weighted by molar-refractivity contribution is 6.33. The molecule has 8 heteroatoms. The SMILES string of the molecule is Cc1nc2c(Cl)cc(C(F)(F)F)cn2c1C(=O)Nc1ccc(C(C)(C)C)cc1. The van der Waals surface area contributed by atoms with Gasteiger partial charge in [-0.1, -0.05) is 44.5 Å². The Morgan fingerprint density at radius 3 is 2.25 bits per heavy atom. The summed E-state index contributed by atoms with van der Waals surface area (Å²) in [5, 5.41) is 2.53. The summed E-state index contributed by atoms with van der Waals surface area (Å²) >= 11 is 5.96. The van der Waals surface area contributed by atoms with Gasteiger partial charge in [0.05, 0.1) is 16.3 Å². The van der Waals surface area contributed by atoms with Crippen molar-refractivity contribution in [3.8, 4) is 0 Å². The highest BCUT2D eigenvalue weighted by atomic mass is 35.5. The second kappa shape index (κ2) is 6.81. The van der Waals surface area contributed by atoms with Crippen LogP contribution in [0.15, 0.2) is 36.5 Å². The van der Waals surface area contributed by atoms with E-state index < -0.39 is 17.6 Å². The Morgan fingerprint density at radius 1 is 1.11 bits per heavy atom. The molecule has 0 saturated carbocycles. The maximum Gasteiger partial charge on any atom is 0.417 e. The molecule has 3 aromatic rings. The molecule has 28 heavy (non-hydrogen) atoms. The topological polar surface area (TPSA) is 46.4 Å². The van der Waals surface area contributed by atoms with E-state index in [1.165, 1.54) is 0 Å². The molecule has 3 rings (SSSR count). The van der Waals surface area contributed by atoms with Crippen molar-refractivity contribution in [2.75, 3.05) is 5.32 Å². The molecule has 0 atom stereocenters. The summed E-state index contributed by atoms with van der Waals surface area (Å²) in [4.78, 5) is 16.9. The molecular weight excluding hydrogens is 391 g/mol. The van der Waals surface area contributed by atoms with Crippen molar-refractivity contribution in [2.45, 2.75) is 39.3 Å². The molecule has 0 aliphatic heterocycles. The molecule has 0 fully saturated rings. The van der Waals surface area contributed by atoms with Crippen LogP contribution in [0.25, 0.3) is 5.65 Å². The van der Waals surface area contributed by atoms with Crippen LogP contribution in [0, 0.1) is 6.92 Å². The Bertz CT molecular complexity index is 1050. The molecule has 148 valence electrons. The van der Waals surface area contributed by atoms with Crippen molar-refractivity contribution < 1.29 is 18.0 Å². The summed E-state index contributed by atoms with van der Waals surface area (Å²) in [6.07, 6.45) is -3.76. The molecule has 2 aromatic heterocycles. The van der Waals surface area contributed by atoms with Crippen LogP contribution < -0.4 is 5.32 Å². The van der Waals surface area contributed by atoms with E-state index in [9.17, 15) is 18.0 Å². The number of benzene rings is 1. The van der Waals surface area contributed by atoms with E-state index in [4.69, 9.17) is 11.6 Å². The summed E-state index contributed by atoms with van der Waals surface area (Å²) in [5.41, 5.74) is 1.02. The van der Waals surface area contributed by atoms with Crippen molar-refractivity contribution in [3.63, 3.8) is 0 Å². The van der Waals surface area contributed by atoms with Crippen LogP contribution in [0.4, 0.5) is 18.9 Å². The van der Waals surface area contributed by atoms with Gasteiger partial charge in [0.25, 0.3) is 5.91 Å². The van der Waals surface area contributed by atoms with Gasteiger partial charge in [-0.3, -0.25) is 9.20 Å². The number of carbonyl (C=O) groups is 1. The predicted octanol–water partition coefficient (Wildman–Crippen LogP) is 5.86. The first-order chi connectivity index (χ1) is 12.9. The summed E-state index contributed by atoms with van der Waals surface area (Å²) < 4.78 is 40.5. The zero-order valence-electron chi connectivity index (χ0n) is 15.8.